The summed E-state index contributed by atoms with van der Waals surface area (Å²) in [5, 5.41) is 6.03. The van der Waals surface area contributed by atoms with Gasteiger partial charge in [0.15, 0.2) is 5.96 Å². The maximum Gasteiger partial charge on any atom is 0.251 e. The largest absolute Gasteiger partial charge is 0.357 e. The number of aryl methyl sites for hydroxylation is 2. The molecule has 1 amide bonds. The van der Waals surface area contributed by atoms with Gasteiger partial charge in [0, 0.05) is 44.6 Å². The molecule has 0 spiro atoms. The quantitative estimate of drug-likeness (QED) is 0.266. The van der Waals surface area contributed by atoms with Crippen LogP contribution >= 0.6 is 24.0 Å². The van der Waals surface area contributed by atoms with Crippen LogP contribution in [-0.2, 0) is 13.6 Å². The Morgan fingerprint density at radius 1 is 1.29 bits per heavy atom. The first-order valence-corrected chi connectivity index (χ1v) is 9.06. The molecule has 1 aromatic heterocycles. The van der Waals surface area contributed by atoms with E-state index in [1.165, 1.54) is 11.8 Å². The Labute approximate surface area is 183 Å². The fourth-order valence-electron chi connectivity index (χ4n) is 2.62. The van der Waals surface area contributed by atoms with E-state index in [0.717, 1.165) is 19.0 Å². The van der Waals surface area contributed by atoms with Crippen LogP contribution in [0.5, 0.6) is 0 Å². The van der Waals surface area contributed by atoms with Crippen LogP contribution in [0.25, 0.3) is 0 Å². The number of halogens is 2. The Bertz CT molecular complexity index is 806. The monoisotopic (exact) mass is 501 g/mol. The Kier molecular flexibility index (Phi) is 9.98. The molecule has 2 N–H and O–H groups in total. The van der Waals surface area contributed by atoms with Crippen LogP contribution in [0.4, 0.5) is 4.39 Å². The van der Waals surface area contributed by atoms with E-state index in [2.05, 4.69) is 26.3 Å². The van der Waals surface area contributed by atoms with Crippen molar-refractivity contribution in [3.8, 4) is 0 Å². The first-order valence-electron chi connectivity index (χ1n) is 9.06. The van der Waals surface area contributed by atoms with Crippen LogP contribution < -0.4 is 10.6 Å². The highest BCUT2D eigenvalue weighted by atomic mass is 127. The van der Waals surface area contributed by atoms with Gasteiger partial charge in [0.2, 0.25) is 0 Å². The average Bonchev–Trinajstić information content (AvgIpc) is 3.04. The zero-order valence-corrected chi connectivity index (χ0v) is 19.2. The van der Waals surface area contributed by atoms with Gasteiger partial charge in [-0.05, 0) is 43.7 Å². The summed E-state index contributed by atoms with van der Waals surface area (Å²) >= 11 is 0. The summed E-state index contributed by atoms with van der Waals surface area (Å²) in [7, 11) is 3.98. The lowest BCUT2D eigenvalue weighted by Crippen LogP contribution is -2.39. The molecule has 6 nitrogen and oxygen atoms in total. The van der Waals surface area contributed by atoms with E-state index in [-0.39, 0.29) is 35.7 Å². The normalized spacial score (nSPS) is 11.0. The first kappa shape index (κ1) is 23.9. The van der Waals surface area contributed by atoms with Gasteiger partial charge in [-0.15, -0.1) is 24.0 Å². The molecule has 0 fully saturated rings. The number of hydrogen-bond donors (Lipinski definition) is 2. The van der Waals surface area contributed by atoms with E-state index in [4.69, 9.17) is 0 Å². The molecule has 2 rings (SSSR count). The van der Waals surface area contributed by atoms with Gasteiger partial charge in [-0.3, -0.25) is 9.79 Å². The number of hydrogen-bond acceptors (Lipinski definition) is 2. The van der Waals surface area contributed by atoms with Crippen molar-refractivity contribution < 1.29 is 9.18 Å². The van der Waals surface area contributed by atoms with Gasteiger partial charge >= 0.3 is 0 Å². The zero-order valence-electron chi connectivity index (χ0n) is 16.8. The number of nitrogens with zero attached hydrogens (tertiary/aromatic N) is 3. The third-order valence-electron chi connectivity index (χ3n) is 4.24. The third kappa shape index (κ3) is 6.81. The lowest BCUT2D eigenvalue weighted by molar-refractivity contribution is 0.0954. The number of carbonyl (C=O) groups excluding carboxylic acids is 1. The molecule has 0 saturated carbocycles. The van der Waals surface area contributed by atoms with E-state index in [1.54, 1.807) is 19.1 Å². The molecule has 1 heterocycles. The molecule has 0 unspecified atom stereocenters. The smallest absolute Gasteiger partial charge is 0.251 e. The van der Waals surface area contributed by atoms with Crippen molar-refractivity contribution in [3.05, 3.63) is 59.2 Å². The highest BCUT2D eigenvalue weighted by Crippen LogP contribution is 2.09. The van der Waals surface area contributed by atoms with E-state index < -0.39 is 0 Å². The Balaban J connectivity index is 0.00000392. The molecule has 0 atom stereocenters. The summed E-state index contributed by atoms with van der Waals surface area (Å²) in [5.74, 6) is 0.0954. The second-order valence-electron chi connectivity index (χ2n) is 6.42. The molecule has 0 aliphatic carbocycles. The Morgan fingerprint density at radius 3 is 2.64 bits per heavy atom. The zero-order chi connectivity index (χ0) is 19.8. The van der Waals surface area contributed by atoms with Crippen LogP contribution in [0.3, 0.4) is 0 Å². The van der Waals surface area contributed by atoms with Crippen molar-refractivity contribution in [2.75, 3.05) is 26.7 Å². The maximum atomic E-state index is 13.6. The van der Waals surface area contributed by atoms with Crippen molar-refractivity contribution >= 4 is 35.8 Å². The van der Waals surface area contributed by atoms with Gasteiger partial charge in [0.25, 0.3) is 5.91 Å². The number of amides is 1. The molecule has 0 bridgehead atoms. The minimum absolute atomic E-state index is 0. The van der Waals surface area contributed by atoms with E-state index >= 15 is 0 Å². The molecule has 0 aliphatic rings. The number of rotatable bonds is 7. The lowest BCUT2D eigenvalue weighted by Gasteiger charge is -2.22. The Hall–Kier alpha value is -2.10. The summed E-state index contributed by atoms with van der Waals surface area (Å²) in [6.07, 6.45) is 2.01. The molecule has 8 heteroatoms. The van der Waals surface area contributed by atoms with Crippen LogP contribution in [0.1, 0.15) is 28.5 Å². The predicted octanol–water partition coefficient (Wildman–Crippen LogP) is 2.92. The minimum atomic E-state index is -0.377. The van der Waals surface area contributed by atoms with Gasteiger partial charge < -0.3 is 20.1 Å². The molecule has 28 heavy (non-hydrogen) atoms. The molecule has 2 aromatic rings. The first-order chi connectivity index (χ1) is 12.9. The number of aliphatic imine (C=N–C) groups is 1. The SMILES string of the molecule is CCNC(=NCCNC(=O)c1ccc(C)c(F)c1)N(C)Cc1cccn1C.I. The van der Waals surface area contributed by atoms with Crippen LogP contribution in [-0.4, -0.2) is 48.0 Å². The van der Waals surface area contributed by atoms with Gasteiger partial charge in [0.1, 0.15) is 5.82 Å². The van der Waals surface area contributed by atoms with Crippen molar-refractivity contribution in [2.45, 2.75) is 20.4 Å². The summed E-state index contributed by atoms with van der Waals surface area (Å²) in [6.45, 7) is 5.97. The second kappa shape index (κ2) is 11.7. The van der Waals surface area contributed by atoms with Crippen molar-refractivity contribution in [3.63, 3.8) is 0 Å². The number of nitrogens with one attached hydrogen (secondary N) is 2. The summed E-state index contributed by atoms with van der Waals surface area (Å²) in [5.41, 5.74) is 2.01. The highest BCUT2D eigenvalue weighted by Gasteiger charge is 2.09. The van der Waals surface area contributed by atoms with Crippen LogP contribution in [0.2, 0.25) is 0 Å². The number of carbonyl (C=O) groups is 1. The van der Waals surface area contributed by atoms with Gasteiger partial charge in [-0.1, -0.05) is 6.07 Å². The summed E-state index contributed by atoms with van der Waals surface area (Å²) in [4.78, 5) is 18.7. The van der Waals surface area contributed by atoms with Crippen molar-refractivity contribution in [2.24, 2.45) is 12.0 Å². The fraction of sp³-hybridized carbons (Fsp3) is 0.400. The molecule has 0 saturated heterocycles. The van der Waals surface area contributed by atoms with Crippen molar-refractivity contribution in [1.29, 1.82) is 0 Å². The molecule has 0 radical (unpaired) electrons. The second-order valence-corrected chi connectivity index (χ2v) is 6.42. The molecule has 154 valence electrons. The molecule has 1 aromatic carbocycles. The van der Waals surface area contributed by atoms with E-state index in [0.29, 0.717) is 24.2 Å². The lowest BCUT2D eigenvalue weighted by atomic mass is 10.1. The predicted molar refractivity (Wildman–Crippen MR) is 122 cm³/mol. The van der Waals surface area contributed by atoms with E-state index in [9.17, 15) is 9.18 Å². The van der Waals surface area contributed by atoms with Gasteiger partial charge in [-0.25, -0.2) is 4.39 Å². The van der Waals surface area contributed by atoms with Crippen molar-refractivity contribution in [1.82, 2.24) is 20.1 Å². The topological polar surface area (TPSA) is 61.7 Å². The average molecular weight is 501 g/mol. The molecule has 0 aliphatic heterocycles. The standard InChI is InChI=1S/C20H28FN5O.HI/c1-5-22-20(26(4)14-17-7-6-12-25(17)3)24-11-10-23-19(27)16-9-8-15(2)18(21)13-16;/h6-9,12-13H,5,10-11,14H2,1-4H3,(H,22,24)(H,23,27);1H. The summed E-state index contributed by atoms with van der Waals surface area (Å²) in [6, 6.07) is 8.56. The molecular weight excluding hydrogens is 472 g/mol. The molecular formula is C20H29FIN5O. The van der Waals surface area contributed by atoms with E-state index in [1.807, 2.05) is 38.2 Å². The van der Waals surface area contributed by atoms with Gasteiger partial charge in [0.05, 0.1) is 13.1 Å². The minimum Gasteiger partial charge on any atom is -0.357 e. The number of aromatic nitrogens is 1. The Morgan fingerprint density at radius 2 is 2.04 bits per heavy atom. The highest BCUT2D eigenvalue weighted by molar-refractivity contribution is 14.0. The third-order valence-corrected chi connectivity index (χ3v) is 4.24. The number of benzene rings is 1. The van der Waals surface area contributed by atoms with Crippen LogP contribution in [0.15, 0.2) is 41.5 Å². The summed E-state index contributed by atoms with van der Waals surface area (Å²) < 4.78 is 15.6. The van der Waals surface area contributed by atoms with Crippen LogP contribution in [0, 0.1) is 12.7 Å². The fourth-order valence-corrected chi connectivity index (χ4v) is 2.62. The maximum absolute atomic E-state index is 13.6. The number of guanidine groups is 1. The van der Waals surface area contributed by atoms with Gasteiger partial charge in [-0.2, -0.15) is 0 Å².